The van der Waals surface area contributed by atoms with Crippen molar-refractivity contribution < 1.29 is 0 Å². The normalized spacial score (nSPS) is 13.3. The number of hydrogen-bond acceptors (Lipinski definition) is 4. The molecule has 2 N–H and O–H groups in total. The molecule has 0 aliphatic heterocycles. The first kappa shape index (κ1) is 17.1. The first-order valence-corrected chi connectivity index (χ1v) is 7.74. The first-order chi connectivity index (χ1) is 10.2. The Bertz CT molecular complexity index is 719. The van der Waals surface area contributed by atoms with E-state index in [1.165, 1.54) is 9.36 Å². The number of aromatic nitrogens is 4. The van der Waals surface area contributed by atoms with Gasteiger partial charge >= 0.3 is 5.69 Å². The summed E-state index contributed by atoms with van der Waals surface area (Å²) in [6.45, 7) is 4.11. The number of nitrogen functional groups attached to an aromatic ring is 1. The molecule has 1 heterocycles. The zero-order valence-electron chi connectivity index (χ0n) is 12.1. The van der Waals surface area contributed by atoms with Gasteiger partial charge in [-0.25, -0.2) is 4.79 Å². The number of alkyl halides is 3. The Morgan fingerprint density at radius 3 is 2.50 bits per heavy atom. The third-order valence-electron chi connectivity index (χ3n) is 3.37. The molecule has 120 valence electrons. The van der Waals surface area contributed by atoms with Gasteiger partial charge in [-0.1, -0.05) is 53.9 Å². The highest BCUT2D eigenvalue weighted by Gasteiger charge is 2.29. The molecule has 6 nitrogen and oxygen atoms in total. The lowest BCUT2D eigenvalue weighted by molar-refractivity contribution is 0.438. The lowest BCUT2D eigenvalue weighted by Gasteiger charge is -2.18. The lowest BCUT2D eigenvalue weighted by Crippen LogP contribution is -2.31. The number of nitrogens with zero attached hydrogens (tertiary/aromatic N) is 4. The Kier molecular flexibility index (Phi) is 5.04. The summed E-state index contributed by atoms with van der Waals surface area (Å²) in [5.41, 5.74) is 7.99. The van der Waals surface area contributed by atoms with Crippen LogP contribution in [0.25, 0.3) is 0 Å². The molecule has 0 aliphatic rings. The molecular weight excluding hydrogens is 349 g/mol. The fourth-order valence-electron chi connectivity index (χ4n) is 1.89. The zero-order valence-corrected chi connectivity index (χ0v) is 14.4. The molecule has 0 saturated heterocycles. The predicted molar refractivity (Wildman–Crippen MR) is 88.4 cm³/mol. The topological polar surface area (TPSA) is 78.7 Å². The molecule has 0 spiro atoms. The van der Waals surface area contributed by atoms with Crippen molar-refractivity contribution in [2.45, 2.75) is 30.7 Å². The Labute approximate surface area is 142 Å². The van der Waals surface area contributed by atoms with Crippen molar-refractivity contribution in [1.29, 1.82) is 0 Å². The minimum Gasteiger partial charge on any atom is -0.399 e. The van der Waals surface area contributed by atoms with Crippen molar-refractivity contribution in [3.8, 4) is 0 Å². The fraction of sp³-hybridized carbons (Fsp3) is 0.462. The standard InChI is InChI=1S/C13H16Cl3N5O/c1-8-5-10(3-4-11(8)17)7-21-12(22)20(18-19-21)6-9(2)13(14,15)16/h3-5,9H,6-7,17H2,1-2H3. The molecule has 0 radical (unpaired) electrons. The Morgan fingerprint density at radius 2 is 1.91 bits per heavy atom. The maximum Gasteiger partial charge on any atom is 0.363 e. The Balaban J connectivity index is 2.17. The van der Waals surface area contributed by atoms with E-state index in [9.17, 15) is 4.79 Å². The van der Waals surface area contributed by atoms with Gasteiger partial charge in [0.25, 0.3) is 0 Å². The summed E-state index contributed by atoms with van der Waals surface area (Å²) in [5.74, 6) is -0.376. The molecule has 2 aromatic rings. The first-order valence-electron chi connectivity index (χ1n) is 6.61. The van der Waals surface area contributed by atoms with Crippen LogP contribution in [-0.2, 0) is 13.1 Å². The fourth-order valence-corrected chi connectivity index (χ4v) is 2.10. The largest absolute Gasteiger partial charge is 0.399 e. The third kappa shape index (κ3) is 3.94. The number of nitrogens with two attached hydrogens (primary N) is 1. The van der Waals surface area contributed by atoms with Crippen molar-refractivity contribution in [1.82, 2.24) is 19.8 Å². The van der Waals surface area contributed by atoms with Crippen LogP contribution in [0.2, 0.25) is 0 Å². The van der Waals surface area contributed by atoms with E-state index < -0.39 is 3.79 Å². The SMILES string of the molecule is Cc1cc(Cn2nnn(CC(C)C(Cl)(Cl)Cl)c2=O)ccc1N. The van der Waals surface area contributed by atoms with Crippen molar-refractivity contribution in [2.24, 2.45) is 5.92 Å². The van der Waals surface area contributed by atoms with E-state index in [4.69, 9.17) is 40.5 Å². The molecule has 0 bridgehead atoms. The average Bonchev–Trinajstić information content (AvgIpc) is 2.75. The molecule has 0 fully saturated rings. The van der Waals surface area contributed by atoms with Crippen LogP contribution in [0.4, 0.5) is 5.69 Å². The summed E-state index contributed by atoms with van der Waals surface area (Å²) in [6.07, 6.45) is 0. The maximum atomic E-state index is 12.2. The van der Waals surface area contributed by atoms with Crippen molar-refractivity contribution in [3.63, 3.8) is 0 Å². The van der Waals surface area contributed by atoms with E-state index >= 15 is 0 Å². The smallest absolute Gasteiger partial charge is 0.363 e. The minimum absolute atomic E-state index is 0.177. The van der Waals surface area contributed by atoms with Gasteiger partial charge in [-0.2, -0.15) is 9.36 Å². The van der Waals surface area contributed by atoms with Gasteiger partial charge < -0.3 is 5.73 Å². The molecule has 22 heavy (non-hydrogen) atoms. The summed E-state index contributed by atoms with van der Waals surface area (Å²) >= 11 is 17.4. The lowest BCUT2D eigenvalue weighted by atomic mass is 10.1. The highest BCUT2D eigenvalue weighted by Crippen LogP contribution is 2.35. The second kappa shape index (κ2) is 6.48. The summed E-state index contributed by atoms with van der Waals surface area (Å²) in [5, 5.41) is 7.68. The van der Waals surface area contributed by atoms with Gasteiger partial charge in [-0.15, -0.1) is 0 Å². The quantitative estimate of drug-likeness (QED) is 0.667. The number of halogens is 3. The number of anilines is 1. The molecule has 0 amide bonds. The number of benzene rings is 1. The molecule has 1 aromatic heterocycles. The second-order valence-electron chi connectivity index (χ2n) is 5.23. The van der Waals surface area contributed by atoms with E-state index in [0.717, 1.165) is 11.1 Å². The van der Waals surface area contributed by atoms with Gasteiger partial charge in [0, 0.05) is 11.6 Å². The molecule has 1 aromatic carbocycles. The average molecular weight is 365 g/mol. The van der Waals surface area contributed by atoms with Crippen molar-refractivity contribution in [3.05, 3.63) is 39.8 Å². The van der Waals surface area contributed by atoms with E-state index in [2.05, 4.69) is 10.4 Å². The number of aryl methyl sites for hydroxylation is 1. The van der Waals surface area contributed by atoms with E-state index in [1.807, 2.05) is 19.1 Å². The van der Waals surface area contributed by atoms with E-state index in [0.29, 0.717) is 12.2 Å². The van der Waals surface area contributed by atoms with Gasteiger partial charge in [-0.05, 0) is 34.5 Å². The monoisotopic (exact) mass is 363 g/mol. The second-order valence-corrected chi connectivity index (χ2v) is 7.60. The molecular formula is C13H16Cl3N5O. The highest BCUT2D eigenvalue weighted by molar-refractivity contribution is 6.67. The van der Waals surface area contributed by atoms with Crippen LogP contribution in [0, 0.1) is 12.8 Å². The number of tetrazole rings is 1. The maximum absolute atomic E-state index is 12.2. The third-order valence-corrected chi connectivity index (χ3v) is 4.49. The van der Waals surface area contributed by atoms with Gasteiger partial charge in [0.1, 0.15) is 0 Å². The van der Waals surface area contributed by atoms with Crippen LogP contribution in [-0.4, -0.2) is 23.6 Å². The number of rotatable bonds is 4. The molecule has 0 saturated carbocycles. The van der Waals surface area contributed by atoms with Crippen LogP contribution in [0.15, 0.2) is 23.0 Å². The predicted octanol–water partition coefficient (Wildman–Crippen LogP) is 2.39. The van der Waals surface area contributed by atoms with Gasteiger partial charge in [0.2, 0.25) is 0 Å². The van der Waals surface area contributed by atoms with Gasteiger partial charge in [0.15, 0.2) is 3.79 Å². The van der Waals surface area contributed by atoms with Crippen LogP contribution in [0.5, 0.6) is 0 Å². The summed E-state index contributed by atoms with van der Waals surface area (Å²) in [7, 11) is 0. The van der Waals surface area contributed by atoms with E-state index in [-0.39, 0.29) is 18.2 Å². The Morgan fingerprint density at radius 1 is 1.27 bits per heavy atom. The van der Waals surface area contributed by atoms with Crippen LogP contribution in [0.1, 0.15) is 18.1 Å². The Hall–Kier alpha value is -1.24. The summed E-state index contributed by atoms with van der Waals surface area (Å²) in [4.78, 5) is 12.2. The highest BCUT2D eigenvalue weighted by atomic mass is 35.6. The van der Waals surface area contributed by atoms with E-state index in [1.54, 1.807) is 13.0 Å². The summed E-state index contributed by atoms with van der Waals surface area (Å²) in [6, 6.07) is 5.55. The van der Waals surface area contributed by atoms with Gasteiger partial charge in [-0.3, -0.25) is 0 Å². The van der Waals surface area contributed by atoms with Crippen molar-refractivity contribution in [2.75, 3.05) is 5.73 Å². The minimum atomic E-state index is -1.46. The van der Waals surface area contributed by atoms with Crippen LogP contribution < -0.4 is 11.4 Å². The van der Waals surface area contributed by atoms with Crippen molar-refractivity contribution >= 4 is 40.5 Å². The molecule has 1 atom stereocenters. The summed E-state index contributed by atoms with van der Waals surface area (Å²) < 4.78 is 0.990. The molecule has 2 rings (SSSR count). The van der Waals surface area contributed by atoms with Crippen LogP contribution >= 0.6 is 34.8 Å². The number of hydrogen-bond donors (Lipinski definition) is 1. The van der Waals surface area contributed by atoms with Gasteiger partial charge in [0.05, 0.1) is 13.1 Å². The molecule has 1 unspecified atom stereocenters. The van der Waals surface area contributed by atoms with Crippen LogP contribution in [0.3, 0.4) is 0 Å². The molecule has 0 aliphatic carbocycles. The molecule has 9 heteroatoms. The zero-order chi connectivity index (χ0) is 16.5.